The summed E-state index contributed by atoms with van der Waals surface area (Å²) in [5.74, 6) is -0.0823. The SMILES string of the molecule is O=S(=O)(NCC1CCN(c2ccccc2)C1)c1csc(-c2ccc(F)cc2)n1. The molecular formula is C20H20FN3O2S2. The fourth-order valence-corrected chi connectivity index (χ4v) is 5.49. The molecule has 0 saturated carbocycles. The van der Waals surface area contributed by atoms with Gasteiger partial charge in [0.25, 0.3) is 10.0 Å². The van der Waals surface area contributed by atoms with Crippen LogP contribution >= 0.6 is 11.3 Å². The molecule has 0 radical (unpaired) electrons. The largest absolute Gasteiger partial charge is 0.371 e. The summed E-state index contributed by atoms with van der Waals surface area (Å²) < 4.78 is 40.9. The number of sulfonamides is 1. The number of para-hydroxylation sites is 1. The minimum atomic E-state index is -3.67. The number of anilines is 1. The van der Waals surface area contributed by atoms with E-state index in [0.29, 0.717) is 17.1 Å². The first-order valence-corrected chi connectivity index (χ1v) is 11.4. The van der Waals surface area contributed by atoms with E-state index in [2.05, 4.69) is 26.7 Å². The highest BCUT2D eigenvalue weighted by molar-refractivity contribution is 7.89. The first-order valence-electron chi connectivity index (χ1n) is 9.02. The third-order valence-corrected chi connectivity index (χ3v) is 7.17. The summed E-state index contributed by atoms with van der Waals surface area (Å²) in [5.41, 5.74) is 1.86. The number of halogens is 1. The molecule has 1 saturated heterocycles. The smallest absolute Gasteiger partial charge is 0.258 e. The van der Waals surface area contributed by atoms with Crippen LogP contribution in [-0.4, -0.2) is 33.0 Å². The Morgan fingerprint density at radius 3 is 2.64 bits per heavy atom. The van der Waals surface area contributed by atoms with E-state index in [1.54, 1.807) is 12.1 Å². The zero-order chi connectivity index (χ0) is 19.6. The van der Waals surface area contributed by atoms with Crippen LogP contribution in [0.25, 0.3) is 10.6 Å². The van der Waals surface area contributed by atoms with Crippen LogP contribution in [0.4, 0.5) is 10.1 Å². The molecule has 28 heavy (non-hydrogen) atoms. The molecule has 2 aromatic carbocycles. The quantitative estimate of drug-likeness (QED) is 0.664. The van der Waals surface area contributed by atoms with Crippen LogP contribution in [0.5, 0.6) is 0 Å². The lowest BCUT2D eigenvalue weighted by Crippen LogP contribution is -2.31. The number of thiazole rings is 1. The number of aromatic nitrogens is 1. The topological polar surface area (TPSA) is 62.3 Å². The van der Waals surface area contributed by atoms with Crippen LogP contribution in [-0.2, 0) is 10.0 Å². The van der Waals surface area contributed by atoms with Gasteiger partial charge in [-0.1, -0.05) is 18.2 Å². The van der Waals surface area contributed by atoms with Crippen molar-refractivity contribution in [2.24, 2.45) is 5.92 Å². The van der Waals surface area contributed by atoms with Crippen molar-refractivity contribution >= 4 is 27.0 Å². The van der Waals surface area contributed by atoms with Gasteiger partial charge in [-0.3, -0.25) is 0 Å². The Kier molecular flexibility index (Phi) is 5.43. The van der Waals surface area contributed by atoms with E-state index in [0.717, 1.165) is 25.2 Å². The van der Waals surface area contributed by atoms with Gasteiger partial charge >= 0.3 is 0 Å². The van der Waals surface area contributed by atoms with Gasteiger partial charge in [-0.15, -0.1) is 11.3 Å². The Morgan fingerprint density at radius 2 is 1.89 bits per heavy atom. The highest BCUT2D eigenvalue weighted by Gasteiger charge is 2.25. The van der Waals surface area contributed by atoms with Crippen molar-refractivity contribution in [3.8, 4) is 10.6 Å². The van der Waals surface area contributed by atoms with Crippen molar-refractivity contribution in [1.82, 2.24) is 9.71 Å². The first-order chi connectivity index (χ1) is 13.5. The number of rotatable bonds is 6. The van der Waals surface area contributed by atoms with Gasteiger partial charge in [0.2, 0.25) is 0 Å². The van der Waals surface area contributed by atoms with E-state index >= 15 is 0 Å². The second-order valence-electron chi connectivity index (χ2n) is 6.79. The maximum atomic E-state index is 13.1. The lowest BCUT2D eigenvalue weighted by Gasteiger charge is -2.18. The number of hydrogen-bond donors (Lipinski definition) is 1. The van der Waals surface area contributed by atoms with E-state index < -0.39 is 10.0 Å². The van der Waals surface area contributed by atoms with E-state index in [1.165, 1.54) is 28.8 Å². The molecule has 0 aliphatic carbocycles. The molecular weight excluding hydrogens is 397 g/mol. The Morgan fingerprint density at radius 1 is 1.14 bits per heavy atom. The molecule has 146 valence electrons. The van der Waals surface area contributed by atoms with Crippen LogP contribution in [0, 0.1) is 11.7 Å². The Labute approximate surface area is 167 Å². The zero-order valence-corrected chi connectivity index (χ0v) is 16.7. The van der Waals surface area contributed by atoms with Crippen molar-refractivity contribution in [3.05, 3.63) is 65.8 Å². The van der Waals surface area contributed by atoms with Gasteiger partial charge in [-0.05, 0) is 48.7 Å². The lowest BCUT2D eigenvalue weighted by molar-refractivity contribution is 0.540. The molecule has 0 amide bonds. The van der Waals surface area contributed by atoms with Gasteiger partial charge in [-0.2, -0.15) is 0 Å². The molecule has 8 heteroatoms. The summed E-state index contributed by atoms with van der Waals surface area (Å²) >= 11 is 1.23. The first kappa shape index (κ1) is 19.0. The Balaban J connectivity index is 1.38. The van der Waals surface area contributed by atoms with E-state index in [4.69, 9.17) is 0 Å². The molecule has 1 atom stereocenters. The molecule has 1 fully saturated rings. The van der Waals surface area contributed by atoms with E-state index in [-0.39, 0.29) is 16.8 Å². The Hall–Kier alpha value is -2.29. The Bertz CT molecular complexity index is 1040. The standard InChI is InChI=1S/C20H20FN3O2S2/c21-17-8-6-16(7-9-17)20-23-19(14-27-20)28(25,26)22-12-15-10-11-24(13-15)18-4-2-1-3-5-18/h1-9,14-15,22H,10-13H2. The van der Waals surface area contributed by atoms with E-state index in [1.807, 2.05) is 18.2 Å². The lowest BCUT2D eigenvalue weighted by atomic mass is 10.1. The predicted octanol–water partition coefficient (Wildman–Crippen LogP) is 3.75. The van der Waals surface area contributed by atoms with Gasteiger partial charge < -0.3 is 4.90 Å². The minimum absolute atomic E-state index is 0.00902. The molecule has 2 heterocycles. The average Bonchev–Trinajstić information content (AvgIpc) is 3.38. The normalized spacial score (nSPS) is 17.2. The van der Waals surface area contributed by atoms with Crippen LogP contribution in [0.15, 0.2) is 65.0 Å². The van der Waals surface area contributed by atoms with Crippen LogP contribution in [0.1, 0.15) is 6.42 Å². The summed E-state index contributed by atoms with van der Waals surface area (Å²) in [6.45, 7) is 2.13. The summed E-state index contributed by atoms with van der Waals surface area (Å²) in [6.07, 6.45) is 0.940. The average molecular weight is 418 g/mol. The van der Waals surface area contributed by atoms with Gasteiger partial charge in [0.1, 0.15) is 10.8 Å². The van der Waals surface area contributed by atoms with Crippen molar-refractivity contribution in [3.63, 3.8) is 0 Å². The van der Waals surface area contributed by atoms with Gasteiger partial charge in [0.15, 0.2) is 5.03 Å². The summed E-state index contributed by atoms with van der Waals surface area (Å²) in [7, 11) is -3.67. The van der Waals surface area contributed by atoms with Crippen molar-refractivity contribution in [2.45, 2.75) is 11.4 Å². The number of hydrogen-bond acceptors (Lipinski definition) is 5. The van der Waals surface area contributed by atoms with Crippen molar-refractivity contribution in [1.29, 1.82) is 0 Å². The second-order valence-corrected chi connectivity index (χ2v) is 9.36. The van der Waals surface area contributed by atoms with Crippen molar-refractivity contribution in [2.75, 3.05) is 24.5 Å². The number of benzene rings is 2. The summed E-state index contributed by atoms with van der Waals surface area (Å²) in [4.78, 5) is 6.50. The molecule has 1 unspecified atom stereocenters. The number of nitrogens with one attached hydrogen (secondary N) is 1. The number of nitrogens with zero attached hydrogens (tertiary/aromatic N) is 2. The highest BCUT2D eigenvalue weighted by atomic mass is 32.2. The predicted molar refractivity (Wildman–Crippen MR) is 109 cm³/mol. The van der Waals surface area contributed by atoms with Gasteiger partial charge in [0, 0.05) is 36.3 Å². The van der Waals surface area contributed by atoms with E-state index in [9.17, 15) is 12.8 Å². The van der Waals surface area contributed by atoms with Crippen molar-refractivity contribution < 1.29 is 12.8 Å². The van der Waals surface area contributed by atoms with Crippen LogP contribution in [0.2, 0.25) is 0 Å². The molecule has 1 aliphatic rings. The molecule has 4 rings (SSSR count). The molecule has 1 aromatic heterocycles. The molecule has 1 aliphatic heterocycles. The third kappa shape index (κ3) is 4.24. The minimum Gasteiger partial charge on any atom is -0.371 e. The second kappa shape index (κ2) is 7.98. The molecule has 0 spiro atoms. The van der Waals surface area contributed by atoms with Crippen LogP contribution < -0.4 is 9.62 Å². The monoisotopic (exact) mass is 417 g/mol. The fraction of sp³-hybridized carbons (Fsp3) is 0.250. The summed E-state index contributed by atoms with van der Waals surface area (Å²) in [6, 6.07) is 16.0. The molecule has 3 aromatic rings. The van der Waals surface area contributed by atoms with Gasteiger partial charge in [-0.25, -0.2) is 22.5 Å². The fourth-order valence-electron chi connectivity index (χ4n) is 3.28. The maximum absolute atomic E-state index is 13.1. The van der Waals surface area contributed by atoms with Crippen LogP contribution in [0.3, 0.4) is 0 Å². The summed E-state index contributed by atoms with van der Waals surface area (Å²) in [5, 5.41) is 2.08. The molecule has 0 bridgehead atoms. The highest BCUT2D eigenvalue weighted by Crippen LogP contribution is 2.26. The maximum Gasteiger partial charge on any atom is 0.258 e. The zero-order valence-electron chi connectivity index (χ0n) is 15.1. The van der Waals surface area contributed by atoms with Gasteiger partial charge in [0.05, 0.1) is 0 Å². The third-order valence-electron chi connectivity index (χ3n) is 4.82. The molecule has 5 nitrogen and oxygen atoms in total. The molecule has 1 N–H and O–H groups in total.